The molecule has 1 atom stereocenters. The van der Waals surface area contributed by atoms with E-state index in [1.165, 1.54) is 0 Å². The van der Waals surface area contributed by atoms with Crippen molar-refractivity contribution < 1.29 is 8.85 Å². The fourth-order valence-corrected chi connectivity index (χ4v) is 4.68. The molecule has 0 amide bonds. The smallest absolute Gasteiger partial charge is 0.352 e. The molecule has 5 heteroatoms. The van der Waals surface area contributed by atoms with E-state index < -0.39 is 8.56 Å². The minimum absolute atomic E-state index is 0.467. The van der Waals surface area contributed by atoms with Crippen molar-refractivity contribution in [1.82, 2.24) is 10.2 Å². The molecule has 0 saturated carbocycles. The van der Waals surface area contributed by atoms with Crippen molar-refractivity contribution in [2.75, 3.05) is 40.4 Å². The van der Waals surface area contributed by atoms with Crippen LogP contribution in [0.25, 0.3) is 0 Å². The molecule has 0 aromatic carbocycles. The van der Waals surface area contributed by atoms with Gasteiger partial charge in [-0.3, -0.25) is 4.90 Å². The van der Waals surface area contributed by atoms with Gasteiger partial charge in [-0.2, -0.15) is 0 Å². The van der Waals surface area contributed by atoms with Crippen molar-refractivity contribution in [3.63, 3.8) is 0 Å². The van der Waals surface area contributed by atoms with Gasteiger partial charge in [0.15, 0.2) is 0 Å². The maximum Gasteiger partial charge on any atom is 0.352 e. The summed E-state index contributed by atoms with van der Waals surface area (Å²) in [5.41, 5.74) is 0.467. The summed E-state index contributed by atoms with van der Waals surface area (Å²) < 4.78 is 11.3. The van der Waals surface area contributed by atoms with Crippen LogP contribution in [-0.2, 0) is 8.85 Å². The molecule has 0 spiro atoms. The SMILES string of the molecule is CCC(N1CCNCC1)[Si](C)(OC)OC. The molecule has 0 radical (unpaired) electrons. The molecule has 0 aliphatic carbocycles. The lowest BCUT2D eigenvalue weighted by atomic mass is 10.3. The molecule has 1 fully saturated rings. The zero-order valence-electron chi connectivity index (χ0n) is 10.4. The first-order valence-electron chi connectivity index (χ1n) is 5.73. The number of hydrogen-bond acceptors (Lipinski definition) is 4. The van der Waals surface area contributed by atoms with Gasteiger partial charge in [0.25, 0.3) is 0 Å². The van der Waals surface area contributed by atoms with Gasteiger partial charge in [-0.25, -0.2) is 0 Å². The van der Waals surface area contributed by atoms with Gasteiger partial charge < -0.3 is 14.2 Å². The van der Waals surface area contributed by atoms with Crippen LogP contribution in [0.1, 0.15) is 13.3 Å². The van der Waals surface area contributed by atoms with Crippen LogP contribution in [0.5, 0.6) is 0 Å². The third kappa shape index (κ3) is 3.01. The van der Waals surface area contributed by atoms with Gasteiger partial charge in [0.05, 0.1) is 5.67 Å². The van der Waals surface area contributed by atoms with E-state index in [1.807, 2.05) is 0 Å². The molecule has 4 nitrogen and oxygen atoms in total. The lowest BCUT2D eigenvalue weighted by Crippen LogP contribution is -2.61. The van der Waals surface area contributed by atoms with Gasteiger partial charge in [0, 0.05) is 40.4 Å². The summed E-state index contributed by atoms with van der Waals surface area (Å²) in [5.74, 6) is 0. The molecule has 1 saturated heterocycles. The molecule has 1 N–H and O–H groups in total. The molecule has 90 valence electrons. The first-order chi connectivity index (χ1) is 7.18. The minimum Gasteiger partial charge on any atom is -0.397 e. The van der Waals surface area contributed by atoms with Gasteiger partial charge >= 0.3 is 8.56 Å². The van der Waals surface area contributed by atoms with E-state index in [0.29, 0.717) is 5.67 Å². The van der Waals surface area contributed by atoms with E-state index in [4.69, 9.17) is 8.85 Å². The Bertz CT molecular complexity index is 182. The second kappa shape index (κ2) is 5.96. The van der Waals surface area contributed by atoms with Crippen LogP contribution in [-0.4, -0.2) is 59.5 Å². The Hall–Kier alpha value is 0.0569. The number of hydrogen-bond donors (Lipinski definition) is 1. The quantitative estimate of drug-likeness (QED) is 0.703. The molecule has 0 aromatic rings. The summed E-state index contributed by atoms with van der Waals surface area (Å²) in [6.45, 7) is 8.74. The largest absolute Gasteiger partial charge is 0.397 e. The maximum absolute atomic E-state index is 5.65. The highest BCUT2D eigenvalue weighted by molar-refractivity contribution is 6.67. The molecular weight excluding hydrogens is 208 g/mol. The molecule has 1 aliphatic rings. The minimum atomic E-state index is -2.02. The predicted octanol–water partition coefficient (Wildman–Crippen LogP) is 0.574. The summed E-state index contributed by atoms with van der Waals surface area (Å²) in [4.78, 5) is 2.51. The normalized spacial score (nSPS) is 21.6. The van der Waals surface area contributed by atoms with Gasteiger partial charge in [0.1, 0.15) is 0 Å². The van der Waals surface area contributed by atoms with Gasteiger partial charge in [0.2, 0.25) is 0 Å². The molecule has 0 bridgehead atoms. The van der Waals surface area contributed by atoms with Crippen molar-refractivity contribution in [2.45, 2.75) is 25.6 Å². The van der Waals surface area contributed by atoms with E-state index in [2.05, 4.69) is 23.7 Å². The molecular formula is C10H24N2O2Si. The predicted molar refractivity (Wildman–Crippen MR) is 64.2 cm³/mol. The number of piperazine rings is 1. The zero-order valence-corrected chi connectivity index (χ0v) is 11.4. The topological polar surface area (TPSA) is 33.7 Å². The molecule has 1 aliphatic heterocycles. The van der Waals surface area contributed by atoms with Crippen LogP contribution < -0.4 is 5.32 Å². The van der Waals surface area contributed by atoms with Crippen molar-refractivity contribution >= 4 is 8.56 Å². The van der Waals surface area contributed by atoms with E-state index in [9.17, 15) is 0 Å². The highest BCUT2D eigenvalue weighted by Gasteiger charge is 2.42. The Morgan fingerprint density at radius 2 is 1.80 bits per heavy atom. The van der Waals surface area contributed by atoms with Crippen molar-refractivity contribution in [2.24, 2.45) is 0 Å². The lowest BCUT2D eigenvalue weighted by molar-refractivity contribution is 0.147. The van der Waals surface area contributed by atoms with Crippen LogP contribution >= 0.6 is 0 Å². The average molecular weight is 232 g/mol. The summed E-state index contributed by atoms with van der Waals surface area (Å²) in [7, 11) is 1.54. The second-order valence-corrected chi connectivity index (χ2v) is 7.65. The Morgan fingerprint density at radius 3 is 2.20 bits per heavy atom. The Labute approximate surface area is 94.2 Å². The van der Waals surface area contributed by atoms with E-state index >= 15 is 0 Å². The second-order valence-electron chi connectivity index (χ2n) is 4.13. The highest BCUT2D eigenvalue weighted by atomic mass is 28.4. The third-order valence-electron chi connectivity index (χ3n) is 3.39. The average Bonchev–Trinajstić information content (AvgIpc) is 2.31. The summed E-state index contributed by atoms with van der Waals surface area (Å²) in [6, 6.07) is 0. The fraction of sp³-hybridized carbons (Fsp3) is 1.00. The van der Waals surface area contributed by atoms with Crippen LogP contribution in [0.15, 0.2) is 0 Å². The Balaban J connectivity index is 2.67. The fourth-order valence-electron chi connectivity index (χ4n) is 2.31. The van der Waals surface area contributed by atoms with Gasteiger partial charge in [-0.1, -0.05) is 6.92 Å². The summed E-state index contributed by atoms with van der Waals surface area (Å²) >= 11 is 0. The van der Waals surface area contributed by atoms with E-state index in [1.54, 1.807) is 14.2 Å². The number of nitrogens with one attached hydrogen (secondary N) is 1. The number of rotatable bonds is 5. The van der Waals surface area contributed by atoms with E-state index in [0.717, 1.165) is 32.6 Å². The van der Waals surface area contributed by atoms with Crippen LogP contribution in [0, 0.1) is 0 Å². The molecule has 15 heavy (non-hydrogen) atoms. The van der Waals surface area contributed by atoms with Crippen LogP contribution in [0.3, 0.4) is 0 Å². The summed E-state index contributed by atoms with van der Waals surface area (Å²) in [6.07, 6.45) is 1.10. The monoisotopic (exact) mass is 232 g/mol. The first-order valence-corrected chi connectivity index (χ1v) is 8.12. The van der Waals surface area contributed by atoms with Gasteiger partial charge in [-0.05, 0) is 13.0 Å². The zero-order chi connectivity index (χ0) is 11.3. The van der Waals surface area contributed by atoms with Crippen LogP contribution in [0.2, 0.25) is 6.55 Å². The Kier molecular flexibility index (Phi) is 5.21. The van der Waals surface area contributed by atoms with Crippen molar-refractivity contribution in [3.8, 4) is 0 Å². The first kappa shape index (κ1) is 13.1. The van der Waals surface area contributed by atoms with E-state index in [-0.39, 0.29) is 0 Å². The standard InChI is InChI=1S/C10H24N2O2Si/c1-5-10(15(4,13-2)14-3)12-8-6-11-7-9-12/h10-11H,5-9H2,1-4H3. The number of nitrogens with zero attached hydrogens (tertiary/aromatic N) is 1. The van der Waals surface area contributed by atoms with Crippen molar-refractivity contribution in [3.05, 3.63) is 0 Å². The molecule has 1 unspecified atom stereocenters. The highest BCUT2D eigenvalue weighted by Crippen LogP contribution is 2.19. The summed E-state index contributed by atoms with van der Waals surface area (Å²) in [5, 5.41) is 3.37. The third-order valence-corrected chi connectivity index (χ3v) is 7.00. The molecule has 1 heterocycles. The van der Waals surface area contributed by atoms with Gasteiger partial charge in [-0.15, -0.1) is 0 Å². The van der Waals surface area contributed by atoms with Crippen LogP contribution in [0.4, 0.5) is 0 Å². The van der Waals surface area contributed by atoms with Crippen molar-refractivity contribution in [1.29, 1.82) is 0 Å². The Morgan fingerprint density at radius 1 is 1.27 bits per heavy atom. The molecule has 1 rings (SSSR count). The lowest BCUT2D eigenvalue weighted by Gasteiger charge is -2.41. The maximum atomic E-state index is 5.65. The molecule has 0 aromatic heterocycles.